The number of anilines is 2. The van der Waals surface area contributed by atoms with Crippen LogP contribution in [-0.4, -0.2) is 52.9 Å². The Morgan fingerprint density at radius 3 is 2.48 bits per heavy atom. The van der Waals surface area contributed by atoms with Crippen LogP contribution in [0.2, 0.25) is 0 Å². The van der Waals surface area contributed by atoms with E-state index in [0.717, 1.165) is 54.9 Å². The Labute approximate surface area is 265 Å². The van der Waals surface area contributed by atoms with E-state index in [1.165, 1.54) is 11.6 Å². The van der Waals surface area contributed by atoms with Crippen LogP contribution in [0.4, 0.5) is 20.4 Å². The van der Waals surface area contributed by atoms with Crippen molar-refractivity contribution in [1.29, 1.82) is 0 Å². The number of carboxylic acids is 1. The van der Waals surface area contributed by atoms with Crippen molar-refractivity contribution >= 4 is 45.7 Å². The Morgan fingerprint density at radius 2 is 1.85 bits per heavy atom. The molecule has 2 aromatic carbocycles. The van der Waals surface area contributed by atoms with E-state index in [1.807, 2.05) is 6.92 Å². The summed E-state index contributed by atoms with van der Waals surface area (Å²) in [4.78, 5) is 46.3. The lowest BCUT2D eigenvalue weighted by Crippen LogP contribution is -2.50. The minimum absolute atomic E-state index is 0.144. The molecule has 0 fully saturated rings. The van der Waals surface area contributed by atoms with Gasteiger partial charge in [-0.2, -0.15) is 0 Å². The van der Waals surface area contributed by atoms with Gasteiger partial charge >= 0.3 is 5.97 Å². The number of fused-ring (bicyclic) bond motifs is 2. The summed E-state index contributed by atoms with van der Waals surface area (Å²) in [5.41, 5.74) is 1.85. The van der Waals surface area contributed by atoms with Gasteiger partial charge < -0.3 is 29.8 Å². The Morgan fingerprint density at radius 1 is 1.17 bits per heavy atom. The second-order valence-electron chi connectivity index (χ2n) is 11.5. The highest BCUT2D eigenvalue weighted by Gasteiger charge is 2.31. The van der Waals surface area contributed by atoms with Gasteiger partial charge in [-0.05, 0) is 63.6 Å². The predicted octanol–water partition coefficient (Wildman–Crippen LogP) is 3.44. The number of benzene rings is 2. The van der Waals surface area contributed by atoms with Gasteiger partial charge in [-0.3, -0.25) is 18.1 Å². The molecule has 0 saturated heterocycles. The van der Waals surface area contributed by atoms with Gasteiger partial charge in [0.25, 0.3) is 5.91 Å². The van der Waals surface area contributed by atoms with E-state index in [4.69, 9.17) is 0 Å². The number of aryl methyl sites for hydroxylation is 6. The maximum absolute atomic E-state index is 15.7. The molecule has 0 aliphatic heterocycles. The number of rotatable bonds is 10. The average molecular weight is 656 g/mol. The number of hydrogen-bond acceptors (Lipinski definition) is 7. The zero-order valence-corrected chi connectivity index (χ0v) is 26.4. The van der Waals surface area contributed by atoms with Crippen molar-refractivity contribution in [2.24, 2.45) is 7.05 Å². The Hall–Kier alpha value is -4.63. The van der Waals surface area contributed by atoms with Crippen LogP contribution in [0.25, 0.3) is 10.9 Å². The smallest absolute Gasteiger partial charge is 0.329 e. The van der Waals surface area contributed by atoms with Crippen molar-refractivity contribution in [2.75, 3.05) is 16.2 Å². The third-order valence-electron chi connectivity index (χ3n) is 8.12. The summed E-state index contributed by atoms with van der Waals surface area (Å²) < 4.78 is 57.3. The number of amides is 1. The third kappa shape index (κ3) is 6.24. The van der Waals surface area contributed by atoms with Crippen LogP contribution >= 0.6 is 0 Å². The molecular formula is C31H33F2N6O6S-. The summed E-state index contributed by atoms with van der Waals surface area (Å²) in [6.45, 7) is 4.11. The normalized spacial score (nSPS) is 14.1. The maximum Gasteiger partial charge on any atom is 0.329 e. The SMILES string of the molecule is Cc1cc(C)c(N(C(CNC(=O)c2cn(C)c3c(F)c(CNc4nc5c([nH]4)CCCC5)c(F)cc3c2=O)C(=O)O)S(=O)[O-])c(C)c1. The summed E-state index contributed by atoms with van der Waals surface area (Å²) in [5, 5.41) is 14.8. The molecule has 0 radical (unpaired) electrons. The minimum atomic E-state index is -3.05. The van der Waals surface area contributed by atoms with Crippen LogP contribution in [0.1, 0.15) is 56.8 Å². The monoisotopic (exact) mass is 655 g/mol. The molecular weight excluding hydrogens is 622 g/mol. The van der Waals surface area contributed by atoms with E-state index in [0.29, 0.717) is 21.4 Å². The minimum Gasteiger partial charge on any atom is -0.755 e. The number of aromatic nitrogens is 3. The fraction of sp³-hybridized carbons (Fsp3) is 0.355. The first-order chi connectivity index (χ1) is 21.8. The van der Waals surface area contributed by atoms with Crippen molar-refractivity contribution in [3.05, 3.63) is 85.5 Å². The van der Waals surface area contributed by atoms with E-state index >= 15 is 8.78 Å². The van der Waals surface area contributed by atoms with E-state index in [-0.39, 0.29) is 23.3 Å². The number of imidazole rings is 1. The second-order valence-corrected chi connectivity index (χ2v) is 12.3. The fourth-order valence-corrected chi connectivity index (χ4v) is 6.88. The molecule has 1 aliphatic rings. The Kier molecular flexibility index (Phi) is 9.26. The highest BCUT2D eigenvalue weighted by molar-refractivity contribution is 7.80. The Bertz CT molecular complexity index is 1910. The molecule has 12 nitrogen and oxygen atoms in total. The van der Waals surface area contributed by atoms with Gasteiger partial charge in [0.05, 0.1) is 28.8 Å². The molecule has 1 aliphatic carbocycles. The lowest BCUT2D eigenvalue weighted by molar-refractivity contribution is -0.138. The number of carbonyl (C=O) groups is 2. The molecule has 4 N–H and O–H groups in total. The second kappa shape index (κ2) is 13.0. The van der Waals surface area contributed by atoms with E-state index in [1.54, 1.807) is 26.0 Å². The van der Waals surface area contributed by atoms with Crippen LogP contribution in [-0.2, 0) is 42.5 Å². The molecule has 4 aromatic rings. The van der Waals surface area contributed by atoms with Crippen LogP contribution in [0.15, 0.2) is 29.2 Å². The molecule has 2 unspecified atom stereocenters. The molecule has 2 atom stereocenters. The van der Waals surface area contributed by atoms with Gasteiger partial charge in [0.1, 0.15) is 11.4 Å². The number of aliphatic carboxylic acids is 1. The number of carboxylic acid groups (broad SMARTS) is 1. The molecule has 1 amide bonds. The lowest BCUT2D eigenvalue weighted by Gasteiger charge is -2.34. The lowest BCUT2D eigenvalue weighted by atomic mass is 10.0. The van der Waals surface area contributed by atoms with Crippen LogP contribution in [0, 0.1) is 32.4 Å². The van der Waals surface area contributed by atoms with Crippen molar-refractivity contribution < 1.29 is 32.2 Å². The standard InChI is InChI=1S/C31H34F2N6O6S/c1-15-9-16(2)26(17(3)10-15)39(46(44)45)24(30(42)43)13-34-29(41)20-14-38(4)27-18(28(20)40)11-21(32)19(25(27)33)12-35-31-36-22-7-5-6-8-23(22)37-31/h9-11,14,24H,5-8,12-13H2,1-4H3,(H,34,41)(H,42,43)(H,44,45)(H2,35,36,37)/p-1. The molecule has 2 aromatic heterocycles. The first kappa shape index (κ1) is 32.8. The summed E-state index contributed by atoms with van der Waals surface area (Å²) in [6, 6.07) is 2.48. The van der Waals surface area contributed by atoms with Gasteiger partial charge in [-0.25, -0.2) is 18.6 Å². The van der Waals surface area contributed by atoms with E-state index in [9.17, 15) is 28.3 Å². The molecule has 2 heterocycles. The average Bonchev–Trinajstić information content (AvgIpc) is 3.40. The van der Waals surface area contributed by atoms with E-state index in [2.05, 4.69) is 20.6 Å². The first-order valence-electron chi connectivity index (χ1n) is 14.6. The highest BCUT2D eigenvalue weighted by atomic mass is 32.2. The highest BCUT2D eigenvalue weighted by Crippen LogP contribution is 2.29. The topological polar surface area (TPSA) is 172 Å². The van der Waals surface area contributed by atoms with Crippen molar-refractivity contribution in [2.45, 2.75) is 59.0 Å². The zero-order valence-electron chi connectivity index (χ0n) is 25.6. The van der Waals surface area contributed by atoms with Gasteiger partial charge in [0.2, 0.25) is 11.4 Å². The molecule has 0 spiro atoms. The number of halogens is 2. The number of pyridine rings is 1. The number of hydrogen-bond donors (Lipinski definition) is 4. The molecule has 15 heteroatoms. The van der Waals surface area contributed by atoms with Gasteiger partial charge in [0, 0.05) is 42.3 Å². The predicted molar refractivity (Wildman–Crippen MR) is 167 cm³/mol. The number of H-pyrrole nitrogens is 1. The summed E-state index contributed by atoms with van der Waals surface area (Å²) in [5.74, 6) is -4.20. The van der Waals surface area contributed by atoms with Crippen LogP contribution < -0.4 is 20.4 Å². The number of nitrogens with zero attached hydrogens (tertiary/aromatic N) is 3. The summed E-state index contributed by atoms with van der Waals surface area (Å²) in [7, 11) is 1.38. The van der Waals surface area contributed by atoms with Crippen molar-refractivity contribution in [3.63, 3.8) is 0 Å². The zero-order chi connectivity index (χ0) is 33.4. The molecule has 0 bridgehead atoms. The molecule has 0 saturated carbocycles. The third-order valence-corrected chi connectivity index (χ3v) is 8.88. The molecule has 46 heavy (non-hydrogen) atoms. The van der Waals surface area contributed by atoms with Gasteiger partial charge in [-0.1, -0.05) is 17.7 Å². The fourth-order valence-electron chi connectivity index (χ4n) is 6.07. The number of nitrogens with one attached hydrogen (secondary N) is 3. The first-order valence-corrected chi connectivity index (χ1v) is 15.6. The summed E-state index contributed by atoms with van der Waals surface area (Å²) >= 11 is -3.05. The molecule has 5 rings (SSSR count). The van der Waals surface area contributed by atoms with E-state index < -0.39 is 63.7 Å². The maximum atomic E-state index is 15.7. The van der Waals surface area contributed by atoms with Crippen molar-refractivity contribution in [1.82, 2.24) is 19.9 Å². The van der Waals surface area contributed by atoms with Gasteiger partial charge in [-0.15, -0.1) is 0 Å². The summed E-state index contributed by atoms with van der Waals surface area (Å²) in [6.07, 6.45) is 4.78. The number of aromatic amines is 1. The largest absolute Gasteiger partial charge is 0.755 e. The number of carbonyl (C=O) groups excluding carboxylic acids is 1. The quantitative estimate of drug-likeness (QED) is 0.188. The Balaban J connectivity index is 1.41. The van der Waals surface area contributed by atoms with Crippen LogP contribution in [0.3, 0.4) is 0 Å². The van der Waals surface area contributed by atoms with Crippen molar-refractivity contribution in [3.8, 4) is 0 Å². The van der Waals surface area contributed by atoms with Crippen LogP contribution in [0.5, 0.6) is 0 Å². The van der Waals surface area contributed by atoms with Gasteiger partial charge in [0.15, 0.2) is 11.9 Å². The molecule has 244 valence electrons.